The van der Waals surface area contributed by atoms with E-state index in [0.717, 1.165) is 36.1 Å². The number of morpholine rings is 1. The van der Waals surface area contributed by atoms with Crippen LogP contribution in [0.3, 0.4) is 0 Å². The molecule has 3 nitrogen and oxygen atoms in total. The molecular formula is C11H15ClN2O. The smallest absolute Gasteiger partial charge is 0.0722 e. The van der Waals surface area contributed by atoms with Crippen LogP contribution >= 0.6 is 11.6 Å². The zero-order valence-electron chi connectivity index (χ0n) is 8.74. The highest BCUT2D eigenvalue weighted by Gasteiger charge is 2.18. The lowest BCUT2D eigenvalue weighted by molar-refractivity contribution is 0.0533. The van der Waals surface area contributed by atoms with E-state index in [1.165, 1.54) is 0 Å². The molecule has 0 spiro atoms. The molecule has 0 aliphatic carbocycles. The van der Waals surface area contributed by atoms with Crippen molar-refractivity contribution in [1.29, 1.82) is 0 Å². The molecule has 82 valence electrons. The largest absolute Gasteiger partial charge is 0.397 e. The predicted octanol–water partition coefficient (Wildman–Crippen LogP) is 2.15. The number of anilines is 2. The average molecular weight is 227 g/mol. The molecule has 1 aromatic carbocycles. The minimum absolute atomic E-state index is 0.247. The van der Waals surface area contributed by atoms with Crippen LogP contribution in [0, 0.1) is 0 Å². The summed E-state index contributed by atoms with van der Waals surface area (Å²) >= 11 is 5.96. The van der Waals surface area contributed by atoms with Crippen molar-refractivity contribution < 1.29 is 4.74 Å². The third-order valence-electron chi connectivity index (χ3n) is 2.57. The van der Waals surface area contributed by atoms with E-state index in [2.05, 4.69) is 11.8 Å². The van der Waals surface area contributed by atoms with Crippen LogP contribution in [0.4, 0.5) is 11.4 Å². The van der Waals surface area contributed by atoms with Crippen molar-refractivity contribution in [3.05, 3.63) is 23.2 Å². The zero-order valence-corrected chi connectivity index (χ0v) is 9.50. The normalized spacial score (nSPS) is 21.7. The number of halogens is 1. The molecule has 1 atom stereocenters. The molecule has 1 heterocycles. The van der Waals surface area contributed by atoms with Crippen LogP contribution in [0.2, 0.25) is 5.02 Å². The second kappa shape index (κ2) is 4.29. The number of ether oxygens (including phenoxy) is 1. The number of hydrogen-bond acceptors (Lipinski definition) is 3. The van der Waals surface area contributed by atoms with Gasteiger partial charge in [-0.15, -0.1) is 0 Å². The summed E-state index contributed by atoms with van der Waals surface area (Å²) in [5, 5.41) is 0.721. The van der Waals surface area contributed by atoms with E-state index < -0.39 is 0 Å². The quantitative estimate of drug-likeness (QED) is 0.746. The summed E-state index contributed by atoms with van der Waals surface area (Å²) in [5.74, 6) is 0. The Labute approximate surface area is 94.8 Å². The summed E-state index contributed by atoms with van der Waals surface area (Å²) in [6.45, 7) is 4.54. The summed E-state index contributed by atoms with van der Waals surface area (Å²) in [4.78, 5) is 2.22. The van der Waals surface area contributed by atoms with Crippen LogP contribution in [-0.4, -0.2) is 25.8 Å². The standard InChI is InChI=1S/C11H15ClN2O/c1-8-7-14(4-5-15-8)11-6-9(12)2-3-10(11)13/h2-3,6,8H,4-5,7,13H2,1H3. The molecule has 4 heteroatoms. The van der Waals surface area contributed by atoms with Gasteiger partial charge in [0.05, 0.1) is 24.1 Å². The number of hydrogen-bond donors (Lipinski definition) is 1. The van der Waals surface area contributed by atoms with Crippen molar-refractivity contribution >= 4 is 23.0 Å². The summed E-state index contributed by atoms with van der Waals surface area (Å²) in [7, 11) is 0. The monoisotopic (exact) mass is 226 g/mol. The van der Waals surface area contributed by atoms with E-state index in [1.807, 2.05) is 18.2 Å². The summed E-state index contributed by atoms with van der Waals surface area (Å²) < 4.78 is 5.48. The maximum atomic E-state index is 5.96. The molecule has 1 unspecified atom stereocenters. The lowest BCUT2D eigenvalue weighted by Crippen LogP contribution is -2.41. The number of nitrogen functional groups attached to an aromatic ring is 1. The van der Waals surface area contributed by atoms with Gasteiger partial charge in [0.1, 0.15) is 0 Å². The van der Waals surface area contributed by atoms with Gasteiger partial charge in [-0.05, 0) is 25.1 Å². The van der Waals surface area contributed by atoms with Gasteiger partial charge in [-0.2, -0.15) is 0 Å². The Kier molecular flexibility index (Phi) is 3.03. The lowest BCUT2D eigenvalue weighted by atomic mass is 10.2. The number of benzene rings is 1. The number of rotatable bonds is 1. The minimum Gasteiger partial charge on any atom is -0.397 e. The first-order valence-corrected chi connectivity index (χ1v) is 5.46. The number of nitrogens with zero attached hydrogens (tertiary/aromatic N) is 1. The van der Waals surface area contributed by atoms with Gasteiger partial charge in [-0.1, -0.05) is 11.6 Å². The second-order valence-corrected chi connectivity index (χ2v) is 4.27. The van der Waals surface area contributed by atoms with Crippen LogP contribution in [-0.2, 0) is 4.74 Å². The summed E-state index contributed by atoms with van der Waals surface area (Å²) in [5.41, 5.74) is 7.71. The molecule has 2 N–H and O–H groups in total. The Morgan fingerprint density at radius 2 is 2.33 bits per heavy atom. The molecule has 15 heavy (non-hydrogen) atoms. The fourth-order valence-corrected chi connectivity index (χ4v) is 1.99. The Hall–Kier alpha value is -0.930. The van der Waals surface area contributed by atoms with Crippen LogP contribution in [0.15, 0.2) is 18.2 Å². The molecule has 1 fully saturated rings. The second-order valence-electron chi connectivity index (χ2n) is 3.83. The van der Waals surface area contributed by atoms with E-state index >= 15 is 0 Å². The van der Waals surface area contributed by atoms with Gasteiger partial charge in [-0.25, -0.2) is 0 Å². The van der Waals surface area contributed by atoms with Gasteiger partial charge in [0.2, 0.25) is 0 Å². The van der Waals surface area contributed by atoms with E-state index in [4.69, 9.17) is 22.1 Å². The van der Waals surface area contributed by atoms with Crippen molar-refractivity contribution in [1.82, 2.24) is 0 Å². The van der Waals surface area contributed by atoms with Gasteiger partial charge < -0.3 is 15.4 Å². The molecule has 0 radical (unpaired) electrons. The molecule has 1 aliphatic rings. The van der Waals surface area contributed by atoms with Gasteiger partial charge in [0, 0.05) is 18.1 Å². The van der Waals surface area contributed by atoms with Crippen LogP contribution in [0.25, 0.3) is 0 Å². The van der Waals surface area contributed by atoms with E-state index in [9.17, 15) is 0 Å². The zero-order chi connectivity index (χ0) is 10.8. The Morgan fingerprint density at radius 3 is 3.07 bits per heavy atom. The third kappa shape index (κ3) is 2.36. The van der Waals surface area contributed by atoms with Crippen LogP contribution < -0.4 is 10.6 Å². The molecule has 1 aliphatic heterocycles. The Bertz CT molecular complexity index is 356. The maximum Gasteiger partial charge on any atom is 0.0722 e. The van der Waals surface area contributed by atoms with Crippen LogP contribution in [0.1, 0.15) is 6.92 Å². The fourth-order valence-electron chi connectivity index (χ4n) is 1.83. The third-order valence-corrected chi connectivity index (χ3v) is 2.81. The lowest BCUT2D eigenvalue weighted by Gasteiger charge is -2.33. The summed E-state index contributed by atoms with van der Waals surface area (Å²) in [6, 6.07) is 5.57. The first-order chi connectivity index (χ1) is 7.16. The van der Waals surface area contributed by atoms with Gasteiger partial charge in [-0.3, -0.25) is 0 Å². The number of nitrogens with two attached hydrogens (primary N) is 1. The van der Waals surface area contributed by atoms with Crippen molar-refractivity contribution in [3.63, 3.8) is 0 Å². The predicted molar refractivity (Wildman–Crippen MR) is 63.5 cm³/mol. The summed E-state index contributed by atoms with van der Waals surface area (Å²) in [6.07, 6.45) is 0.247. The maximum absolute atomic E-state index is 5.96. The molecule has 1 aromatic rings. The molecule has 0 bridgehead atoms. The van der Waals surface area contributed by atoms with E-state index in [-0.39, 0.29) is 6.10 Å². The van der Waals surface area contributed by atoms with Crippen molar-refractivity contribution in [2.24, 2.45) is 0 Å². The Morgan fingerprint density at radius 1 is 1.53 bits per heavy atom. The van der Waals surface area contributed by atoms with Gasteiger partial charge >= 0.3 is 0 Å². The molecular weight excluding hydrogens is 212 g/mol. The van der Waals surface area contributed by atoms with Crippen molar-refractivity contribution in [2.45, 2.75) is 13.0 Å². The highest BCUT2D eigenvalue weighted by atomic mass is 35.5. The SMILES string of the molecule is CC1CN(c2cc(Cl)ccc2N)CCO1. The van der Waals surface area contributed by atoms with Gasteiger partial charge in [0.15, 0.2) is 0 Å². The minimum atomic E-state index is 0.247. The Balaban J connectivity index is 2.24. The van der Waals surface area contributed by atoms with Gasteiger partial charge in [0.25, 0.3) is 0 Å². The highest BCUT2D eigenvalue weighted by Crippen LogP contribution is 2.28. The van der Waals surface area contributed by atoms with Crippen molar-refractivity contribution in [3.8, 4) is 0 Å². The molecule has 2 rings (SSSR count). The van der Waals surface area contributed by atoms with Crippen molar-refractivity contribution in [2.75, 3.05) is 30.3 Å². The average Bonchev–Trinajstić information content (AvgIpc) is 2.22. The molecule has 0 aromatic heterocycles. The topological polar surface area (TPSA) is 38.5 Å². The molecule has 0 amide bonds. The highest BCUT2D eigenvalue weighted by molar-refractivity contribution is 6.31. The van der Waals surface area contributed by atoms with E-state index in [1.54, 1.807) is 0 Å². The first kappa shape index (κ1) is 10.6. The fraction of sp³-hybridized carbons (Fsp3) is 0.455. The molecule has 0 saturated carbocycles. The van der Waals surface area contributed by atoms with E-state index in [0.29, 0.717) is 0 Å². The van der Waals surface area contributed by atoms with Crippen LogP contribution in [0.5, 0.6) is 0 Å². The molecule has 1 saturated heterocycles. The first-order valence-electron chi connectivity index (χ1n) is 5.08.